The lowest BCUT2D eigenvalue weighted by atomic mass is 10.0. The summed E-state index contributed by atoms with van der Waals surface area (Å²) < 4.78 is 32.7. The first kappa shape index (κ1) is 24.7. The Bertz CT molecular complexity index is 1300. The second kappa shape index (κ2) is 10.4. The summed E-state index contributed by atoms with van der Waals surface area (Å²) in [7, 11) is -3.57. The first-order chi connectivity index (χ1) is 16.3. The normalized spacial score (nSPS) is 15.1. The van der Waals surface area contributed by atoms with E-state index in [0.29, 0.717) is 37.7 Å². The zero-order chi connectivity index (χ0) is 24.3. The molecule has 0 spiro atoms. The number of amides is 1. The number of benzene rings is 2. The SMILES string of the molecule is Cc1cc(SCC(=O)Nc2ccccc2C(C)C)nc2ccc(S(=O)(=O)N3CCOCC3)cc12. The van der Waals surface area contributed by atoms with Crippen LogP contribution in [0.2, 0.25) is 0 Å². The summed E-state index contributed by atoms with van der Waals surface area (Å²) in [6.07, 6.45) is 0. The van der Waals surface area contributed by atoms with Crippen LogP contribution < -0.4 is 5.32 Å². The summed E-state index contributed by atoms with van der Waals surface area (Å²) in [4.78, 5) is 17.5. The molecule has 7 nitrogen and oxygen atoms in total. The van der Waals surface area contributed by atoms with Gasteiger partial charge in [-0.05, 0) is 54.3 Å². The summed E-state index contributed by atoms with van der Waals surface area (Å²) in [5.74, 6) is 0.448. The second-order valence-electron chi connectivity index (χ2n) is 8.55. The Kier molecular flexibility index (Phi) is 7.57. The van der Waals surface area contributed by atoms with E-state index in [-0.39, 0.29) is 16.6 Å². The maximum atomic E-state index is 13.0. The molecular weight excluding hydrogens is 470 g/mol. The fourth-order valence-electron chi connectivity index (χ4n) is 3.95. The van der Waals surface area contributed by atoms with Crippen molar-refractivity contribution in [1.29, 1.82) is 0 Å². The van der Waals surface area contributed by atoms with Gasteiger partial charge in [-0.15, -0.1) is 0 Å². The van der Waals surface area contributed by atoms with E-state index in [9.17, 15) is 13.2 Å². The molecule has 0 aliphatic carbocycles. The van der Waals surface area contributed by atoms with Crippen molar-refractivity contribution in [2.45, 2.75) is 36.6 Å². The predicted octanol–water partition coefficient (Wildman–Crippen LogP) is 4.42. The average molecular weight is 500 g/mol. The van der Waals surface area contributed by atoms with E-state index in [1.165, 1.54) is 16.1 Å². The number of aromatic nitrogens is 1. The number of carbonyl (C=O) groups excluding carboxylic acids is 1. The van der Waals surface area contributed by atoms with Gasteiger partial charge in [-0.2, -0.15) is 4.31 Å². The smallest absolute Gasteiger partial charge is 0.243 e. The van der Waals surface area contributed by atoms with Gasteiger partial charge < -0.3 is 10.1 Å². The molecule has 9 heteroatoms. The van der Waals surface area contributed by atoms with Gasteiger partial charge >= 0.3 is 0 Å². The summed E-state index contributed by atoms with van der Waals surface area (Å²) in [6, 6.07) is 14.7. The number of sulfonamides is 1. The molecule has 1 aromatic heterocycles. The summed E-state index contributed by atoms with van der Waals surface area (Å²) in [5, 5.41) is 4.51. The van der Waals surface area contributed by atoms with Crippen LogP contribution in [0.1, 0.15) is 30.9 Å². The zero-order valence-electron chi connectivity index (χ0n) is 19.6. The number of anilines is 1. The Hall–Kier alpha value is -2.46. The highest BCUT2D eigenvalue weighted by atomic mass is 32.2. The Morgan fingerprint density at radius 2 is 1.88 bits per heavy atom. The molecule has 2 heterocycles. The lowest BCUT2D eigenvalue weighted by Crippen LogP contribution is -2.40. The van der Waals surface area contributed by atoms with Gasteiger partial charge in [-0.25, -0.2) is 13.4 Å². The molecule has 1 fully saturated rings. The fourth-order valence-corrected chi connectivity index (χ4v) is 6.16. The predicted molar refractivity (Wildman–Crippen MR) is 136 cm³/mol. The highest BCUT2D eigenvalue weighted by Gasteiger charge is 2.26. The number of carbonyl (C=O) groups is 1. The summed E-state index contributed by atoms with van der Waals surface area (Å²) >= 11 is 1.36. The molecule has 34 heavy (non-hydrogen) atoms. The van der Waals surface area contributed by atoms with Crippen molar-refractivity contribution in [3.63, 3.8) is 0 Å². The number of para-hydroxylation sites is 1. The standard InChI is InChI=1S/C25H29N3O4S2/c1-17(2)20-6-4-5-7-22(20)26-24(29)16-33-25-14-18(3)21-15-19(8-9-23(21)27-25)34(30,31)28-10-12-32-13-11-28/h4-9,14-15,17H,10-13,16H2,1-3H3,(H,26,29). The molecule has 1 saturated heterocycles. The minimum Gasteiger partial charge on any atom is -0.379 e. The fraction of sp³-hybridized carbons (Fsp3) is 0.360. The van der Waals surface area contributed by atoms with Gasteiger partial charge in [0.1, 0.15) is 0 Å². The number of thioether (sulfide) groups is 1. The van der Waals surface area contributed by atoms with Crippen LogP contribution in [-0.2, 0) is 19.6 Å². The van der Waals surface area contributed by atoms with Gasteiger partial charge in [-0.1, -0.05) is 43.8 Å². The quantitative estimate of drug-likeness (QED) is 0.484. The number of nitrogens with one attached hydrogen (secondary N) is 1. The molecular formula is C25H29N3O4S2. The number of aryl methyl sites for hydroxylation is 1. The van der Waals surface area contributed by atoms with Crippen molar-refractivity contribution in [1.82, 2.24) is 9.29 Å². The Labute approximate surface area is 205 Å². The monoisotopic (exact) mass is 499 g/mol. The van der Waals surface area contributed by atoms with Crippen LogP contribution in [0.5, 0.6) is 0 Å². The van der Waals surface area contributed by atoms with Crippen molar-refractivity contribution >= 4 is 44.3 Å². The van der Waals surface area contributed by atoms with E-state index in [0.717, 1.165) is 27.2 Å². The topological polar surface area (TPSA) is 88.6 Å². The summed E-state index contributed by atoms with van der Waals surface area (Å²) in [5.41, 5.74) is 3.55. The maximum Gasteiger partial charge on any atom is 0.243 e. The zero-order valence-corrected chi connectivity index (χ0v) is 21.2. The lowest BCUT2D eigenvalue weighted by Gasteiger charge is -2.26. The number of pyridine rings is 1. The maximum absolute atomic E-state index is 13.0. The molecule has 0 atom stereocenters. The van der Waals surface area contributed by atoms with Crippen LogP contribution in [0.15, 0.2) is 58.5 Å². The van der Waals surface area contributed by atoms with Crippen LogP contribution in [0.4, 0.5) is 5.69 Å². The van der Waals surface area contributed by atoms with Crippen molar-refractivity contribution in [2.75, 3.05) is 37.4 Å². The second-order valence-corrected chi connectivity index (χ2v) is 11.5. The molecule has 0 radical (unpaired) electrons. The highest BCUT2D eigenvalue weighted by Crippen LogP contribution is 2.28. The third kappa shape index (κ3) is 5.43. The number of morpholine rings is 1. The van der Waals surface area contributed by atoms with Crippen LogP contribution in [0, 0.1) is 6.92 Å². The Morgan fingerprint density at radius 3 is 2.62 bits per heavy atom. The molecule has 4 rings (SSSR count). The van der Waals surface area contributed by atoms with Crippen molar-refractivity contribution < 1.29 is 17.9 Å². The highest BCUT2D eigenvalue weighted by molar-refractivity contribution is 7.99. The third-order valence-corrected chi connectivity index (χ3v) is 8.59. The number of fused-ring (bicyclic) bond motifs is 1. The van der Waals surface area contributed by atoms with Gasteiger partial charge in [0.05, 0.1) is 34.4 Å². The van der Waals surface area contributed by atoms with Crippen molar-refractivity contribution in [3.8, 4) is 0 Å². The third-order valence-electron chi connectivity index (χ3n) is 5.78. The molecule has 0 bridgehead atoms. The van der Waals surface area contributed by atoms with E-state index < -0.39 is 10.0 Å². The number of hydrogen-bond donors (Lipinski definition) is 1. The summed E-state index contributed by atoms with van der Waals surface area (Å²) in [6.45, 7) is 7.65. The van der Waals surface area contributed by atoms with E-state index in [2.05, 4.69) is 24.1 Å². The molecule has 1 aliphatic heterocycles. The molecule has 1 aliphatic rings. The number of ether oxygens (including phenoxy) is 1. The molecule has 1 N–H and O–H groups in total. The Balaban J connectivity index is 1.48. The van der Waals surface area contributed by atoms with Gasteiger partial charge in [0.25, 0.3) is 0 Å². The van der Waals surface area contributed by atoms with E-state index in [1.807, 2.05) is 37.3 Å². The first-order valence-corrected chi connectivity index (χ1v) is 13.7. The molecule has 3 aromatic rings. The lowest BCUT2D eigenvalue weighted by molar-refractivity contribution is -0.113. The van der Waals surface area contributed by atoms with Gasteiger partial charge in [0.15, 0.2) is 0 Å². The molecule has 2 aromatic carbocycles. The van der Waals surface area contributed by atoms with Crippen LogP contribution >= 0.6 is 11.8 Å². The number of hydrogen-bond acceptors (Lipinski definition) is 6. The molecule has 0 unspecified atom stereocenters. The van der Waals surface area contributed by atoms with Gasteiger partial charge in [0, 0.05) is 24.2 Å². The van der Waals surface area contributed by atoms with Crippen molar-refractivity contribution in [3.05, 3.63) is 59.7 Å². The molecule has 1 amide bonds. The van der Waals surface area contributed by atoms with Crippen LogP contribution in [0.25, 0.3) is 10.9 Å². The Morgan fingerprint density at radius 1 is 1.15 bits per heavy atom. The van der Waals surface area contributed by atoms with E-state index in [1.54, 1.807) is 18.2 Å². The molecule has 0 saturated carbocycles. The van der Waals surface area contributed by atoms with Gasteiger partial charge in [0.2, 0.25) is 15.9 Å². The van der Waals surface area contributed by atoms with E-state index >= 15 is 0 Å². The van der Waals surface area contributed by atoms with E-state index in [4.69, 9.17) is 4.74 Å². The minimum absolute atomic E-state index is 0.0930. The minimum atomic E-state index is -3.57. The largest absolute Gasteiger partial charge is 0.379 e. The first-order valence-electron chi connectivity index (χ1n) is 11.3. The van der Waals surface area contributed by atoms with Crippen LogP contribution in [-0.4, -0.2) is 55.7 Å². The molecule has 180 valence electrons. The number of rotatable bonds is 7. The van der Waals surface area contributed by atoms with Crippen LogP contribution in [0.3, 0.4) is 0 Å². The average Bonchev–Trinajstić information content (AvgIpc) is 2.83. The van der Waals surface area contributed by atoms with Crippen molar-refractivity contribution in [2.24, 2.45) is 0 Å². The van der Waals surface area contributed by atoms with Gasteiger partial charge in [-0.3, -0.25) is 4.79 Å². The number of nitrogens with zero attached hydrogens (tertiary/aromatic N) is 2.